The van der Waals surface area contributed by atoms with Crippen LogP contribution in [0, 0.1) is 5.92 Å². The van der Waals surface area contributed by atoms with Crippen LogP contribution >= 0.6 is 0 Å². The maximum atomic E-state index is 13.9. The topological polar surface area (TPSA) is 52.7 Å². The average Bonchev–Trinajstić information content (AvgIpc) is 3.54. The van der Waals surface area contributed by atoms with Gasteiger partial charge < -0.3 is 10.2 Å². The molecule has 2 aliphatic heterocycles. The van der Waals surface area contributed by atoms with E-state index in [2.05, 4.69) is 28.4 Å². The lowest BCUT2D eigenvalue weighted by molar-refractivity contribution is 0.0961. The smallest absolute Gasteiger partial charge is 0.258 e. The summed E-state index contributed by atoms with van der Waals surface area (Å²) in [4.78, 5) is 31.7. The van der Waals surface area contributed by atoms with Crippen molar-refractivity contribution >= 4 is 23.2 Å². The lowest BCUT2D eigenvalue weighted by Gasteiger charge is -2.35. The first-order chi connectivity index (χ1) is 19.2. The van der Waals surface area contributed by atoms with E-state index in [-0.39, 0.29) is 11.8 Å². The van der Waals surface area contributed by atoms with Crippen LogP contribution in [0.3, 0.4) is 0 Å². The number of piperidine rings is 1. The zero-order valence-electron chi connectivity index (χ0n) is 21.8. The number of benzene rings is 4. The molecule has 3 aliphatic rings. The highest BCUT2D eigenvalue weighted by Gasteiger charge is 2.48. The number of carbonyl (C=O) groups excluding carboxylic acids is 2. The van der Waals surface area contributed by atoms with Crippen LogP contribution in [-0.2, 0) is 6.54 Å². The maximum Gasteiger partial charge on any atom is 0.258 e. The van der Waals surface area contributed by atoms with Gasteiger partial charge >= 0.3 is 0 Å². The van der Waals surface area contributed by atoms with Gasteiger partial charge in [-0.3, -0.25) is 14.5 Å². The monoisotopic (exact) mass is 513 g/mol. The molecular formula is C34H31N3O2. The highest BCUT2D eigenvalue weighted by atomic mass is 16.2. The summed E-state index contributed by atoms with van der Waals surface area (Å²) in [6.07, 6.45) is 3.81. The molecule has 39 heavy (non-hydrogen) atoms. The van der Waals surface area contributed by atoms with Crippen molar-refractivity contribution in [3.05, 3.63) is 120 Å². The van der Waals surface area contributed by atoms with Gasteiger partial charge in [-0.1, -0.05) is 66.7 Å². The first-order valence-electron chi connectivity index (χ1n) is 13.9. The Bertz CT molecular complexity index is 1530. The second kappa shape index (κ2) is 9.83. The van der Waals surface area contributed by atoms with Gasteiger partial charge in [-0.15, -0.1) is 0 Å². The minimum Gasteiger partial charge on any atom is -0.322 e. The molecule has 1 aliphatic carbocycles. The van der Waals surface area contributed by atoms with Crippen molar-refractivity contribution in [2.75, 3.05) is 16.8 Å². The molecule has 7 rings (SSSR count). The van der Waals surface area contributed by atoms with E-state index in [1.54, 1.807) is 0 Å². The van der Waals surface area contributed by atoms with E-state index >= 15 is 0 Å². The van der Waals surface area contributed by atoms with Gasteiger partial charge in [0.2, 0.25) is 0 Å². The van der Waals surface area contributed by atoms with Crippen molar-refractivity contribution in [3.8, 4) is 11.1 Å². The molecule has 2 bridgehead atoms. The van der Waals surface area contributed by atoms with E-state index in [4.69, 9.17) is 0 Å². The number of fused-ring (bicyclic) bond motifs is 6. The van der Waals surface area contributed by atoms with Crippen LogP contribution in [0.2, 0.25) is 0 Å². The number of carbonyl (C=O) groups is 2. The summed E-state index contributed by atoms with van der Waals surface area (Å²) >= 11 is 0. The molecule has 0 radical (unpaired) electrons. The minimum atomic E-state index is -0.175. The quantitative estimate of drug-likeness (QED) is 0.334. The normalized spacial score (nSPS) is 21.6. The molecule has 4 aromatic rings. The van der Waals surface area contributed by atoms with Crippen molar-refractivity contribution in [2.45, 2.75) is 37.9 Å². The fourth-order valence-corrected chi connectivity index (χ4v) is 6.87. The zero-order valence-corrected chi connectivity index (χ0v) is 21.8. The Morgan fingerprint density at radius 2 is 1.51 bits per heavy atom. The first-order valence-corrected chi connectivity index (χ1v) is 13.9. The third-order valence-corrected chi connectivity index (χ3v) is 8.78. The maximum absolute atomic E-state index is 13.9. The molecule has 4 aromatic carbocycles. The number of para-hydroxylation sites is 1. The first kappa shape index (κ1) is 23.9. The van der Waals surface area contributed by atoms with Crippen molar-refractivity contribution in [1.29, 1.82) is 0 Å². The molecule has 2 amide bonds. The number of nitrogens with one attached hydrogen (secondary N) is 1. The van der Waals surface area contributed by atoms with Gasteiger partial charge in [0, 0.05) is 47.7 Å². The van der Waals surface area contributed by atoms with Gasteiger partial charge in [-0.05, 0) is 78.3 Å². The Kier molecular flexibility index (Phi) is 6.01. The predicted octanol–water partition coefficient (Wildman–Crippen LogP) is 6.62. The highest BCUT2D eigenvalue weighted by molar-refractivity contribution is 6.10. The Hall–Kier alpha value is -4.22. The van der Waals surface area contributed by atoms with Crippen molar-refractivity contribution in [2.24, 2.45) is 5.92 Å². The number of nitrogens with zero attached hydrogens (tertiary/aromatic N) is 2. The summed E-state index contributed by atoms with van der Waals surface area (Å²) in [5, 5.41) is 3.02. The van der Waals surface area contributed by atoms with Crippen LogP contribution in [0.1, 0.15) is 45.5 Å². The molecule has 3 atom stereocenters. The van der Waals surface area contributed by atoms with Crippen LogP contribution in [0.25, 0.3) is 11.1 Å². The molecule has 5 heteroatoms. The van der Waals surface area contributed by atoms with Crippen LogP contribution in [-0.4, -0.2) is 35.3 Å². The predicted molar refractivity (Wildman–Crippen MR) is 155 cm³/mol. The zero-order chi connectivity index (χ0) is 26.3. The fraction of sp³-hybridized carbons (Fsp3) is 0.235. The lowest BCUT2D eigenvalue weighted by Crippen LogP contribution is -2.46. The molecule has 1 saturated heterocycles. The van der Waals surface area contributed by atoms with Crippen LogP contribution < -0.4 is 10.2 Å². The molecule has 2 heterocycles. The van der Waals surface area contributed by atoms with E-state index in [1.165, 1.54) is 24.8 Å². The van der Waals surface area contributed by atoms with Gasteiger partial charge in [0.1, 0.15) is 0 Å². The summed E-state index contributed by atoms with van der Waals surface area (Å²) in [6, 6.07) is 34.2. The number of hydrogen-bond acceptors (Lipinski definition) is 3. The second-order valence-corrected chi connectivity index (χ2v) is 11.0. The largest absolute Gasteiger partial charge is 0.322 e. The van der Waals surface area contributed by atoms with Crippen LogP contribution in [0.4, 0.5) is 11.4 Å². The minimum absolute atomic E-state index is 0.0133. The molecular weight excluding hydrogens is 482 g/mol. The molecule has 0 unspecified atom stereocenters. The molecule has 1 N–H and O–H groups in total. The summed E-state index contributed by atoms with van der Waals surface area (Å²) in [5.74, 6) is 0.515. The summed E-state index contributed by atoms with van der Waals surface area (Å²) in [6.45, 7) is 1.65. The van der Waals surface area contributed by atoms with Gasteiger partial charge in [0.15, 0.2) is 0 Å². The Labute approximate surface area is 229 Å². The highest BCUT2D eigenvalue weighted by Crippen LogP contribution is 2.46. The molecule has 0 aromatic heterocycles. The Morgan fingerprint density at radius 1 is 0.769 bits per heavy atom. The lowest BCUT2D eigenvalue weighted by atomic mass is 9.98. The van der Waals surface area contributed by atoms with E-state index in [9.17, 15) is 9.59 Å². The molecule has 0 spiro atoms. The SMILES string of the molecule is O=C(Nc1ccc(C(=O)N2C[C@@H]3[C@H]4CC[C@H](C4)N3Cc3ccccc32)cc1)c1ccccc1-c1ccccc1. The van der Waals surface area contributed by atoms with E-state index < -0.39 is 0 Å². The van der Waals surface area contributed by atoms with E-state index in [0.717, 1.165) is 29.9 Å². The van der Waals surface area contributed by atoms with E-state index in [0.29, 0.717) is 34.8 Å². The summed E-state index contributed by atoms with van der Waals surface area (Å²) in [7, 11) is 0. The standard InChI is InChI=1S/C34H31N3O2/c38-33(30-12-6-5-11-29(30)23-8-2-1-3-9-23)35-27-17-14-24(15-18-27)34(39)37-22-32-25-16-19-28(20-25)36(32)21-26-10-4-7-13-31(26)37/h1-15,17-18,25,28,32H,16,19-22H2,(H,35,38)/t25-,28+,32+/m0/s1. The molecule has 1 saturated carbocycles. The number of amides is 2. The van der Waals surface area contributed by atoms with Crippen molar-refractivity contribution < 1.29 is 9.59 Å². The van der Waals surface area contributed by atoms with Crippen LogP contribution in [0.5, 0.6) is 0 Å². The molecule has 2 fully saturated rings. The van der Waals surface area contributed by atoms with Crippen molar-refractivity contribution in [1.82, 2.24) is 4.90 Å². The van der Waals surface area contributed by atoms with Crippen LogP contribution in [0.15, 0.2) is 103 Å². The van der Waals surface area contributed by atoms with Crippen molar-refractivity contribution in [3.63, 3.8) is 0 Å². The van der Waals surface area contributed by atoms with E-state index in [1.807, 2.05) is 89.8 Å². The molecule has 194 valence electrons. The molecule has 5 nitrogen and oxygen atoms in total. The Balaban J connectivity index is 1.12. The van der Waals surface area contributed by atoms with Gasteiger partial charge in [-0.2, -0.15) is 0 Å². The van der Waals surface area contributed by atoms with Gasteiger partial charge in [0.25, 0.3) is 11.8 Å². The number of rotatable bonds is 4. The summed E-state index contributed by atoms with van der Waals surface area (Å²) in [5.41, 5.74) is 6.03. The van der Waals surface area contributed by atoms with Gasteiger partial charge in [0.05, 0.1) is 0 Å². The van der Waals surface area contributed by atoms with Gasteiger partial charge in [-0.25, -0.2) is 0 Å². The average molecular weight is 514 g/mol. The fourth-order valence-electron chi connectivity index (χ4n) is 6.87. The third kappa shape index (κ3) is 4.33. The summed E-state index contributed by atoms with van der Waals surface area (Å²) < 4.78 is 0. The third-order valence-electron chi connectivity index (χ3n) is 8.78. The second-order valence-electron chi connectivity index (χ2n) is 11.0. The number of hydrogen-bond donors (Lipinski definition) is 1. The number of anilines is 2. The Morgan fingerprint density at radius 3 is 2.36 bits per heavy atom.